The molecule has 2 heterocycles. The Morgan fingerprint density at radius 1 is 1.36 bits per heavy atom. The molecule has 0 radical (unpaired) electrons. The van der Waals surface area contributed by atoms with Crippen molar-refractivity contribution in [3.8, 4) is 5.69 Å². The van der Waals surface area contributed by atoms with Gasteiger partial charge in [-0.1, -0.05) is 24.4 Å². The summed E-state index contributed by atoms with van der Waals surface area (Å²) in [5.41, 5.74) is 1.55. The zero-order valence-corrected chi connectivity index (χ0v) is 14.1. The van der Waals surface area contributed by atoms with Gasteiger partial charge in [0.05, 0.1) is 33.0 Å². The lowest BCUT2D eigenvalue weighted by Crippen LogP contribution is -2.26. The number of pyridine rings is 1. The SMILES string of the molecule is O=C(O)C1CCCCC1c1nn(-c2cncc(Cl)c2)cc1Br. The molecule has 0 aromatic carbocycles. The summed E-state index contributed by atoms with van der Waals surface area (Å²) in [5.74, 6) is -1.17. The number of hydrogen-bond donors (Lipinski definition) is 1. The van der Waals surface area contributed by atoms with Crippen LogP contribution in [0.15, 0.2) is 29.1 Å². The normalized spacial score (nSPS) is 21.7. The third-order valence-electron chi connectivity index (χ3n) is 4.09. The van der Waals surface area contributed by atoms with Crippen LogP contribution in [0.3, 0.4) is 0 Å². The van der Waals surface area contributed by atoms with Crippen molar-refractivity contribution in [3.63, 3.8) is 0 Å². The van der Waals surface area contributed by atoms with Crippen molar-refractivity contribution in [2.45, 2.75) is 31.6 Å². The molecule has 5 nitrogen and oxygen atoms in total. The van der Waals surface area contributed by atoms with Gasteiger partial charge in [0.15, 0.2) is 0 Å². The monoisotopic (exact) mass is 383 g/mol. The molecule has 0 bridgehead atoms. The second kappa shape index (κ2) is 6.38. The third-order valence-corrected chi connectivity index (χ3v) is 4.90. The largest absolute Gasteiger partial charge is 0.481 e. The molecule has 22 heavy (non-hydrogen) atoms. The summed E-state index contributed by atoms with van der Waals surface area (Å²) in [4.78, 5) is 15.5. The van der Waals surface area contributed by atoms with Gasteiger partial charge in [-0.05, 0) is 34.8 Å². The maximum absolute atomic E-state index is 11.5. The van der Waals surface area contributed by atoms with Crippen LogP contribution in [0.2, 0.25) is 5.02 Å². The van der Waals surface area contributed by atoms with Gasteiger partial charge in [0.25, 0.3) is 0 Å². The quantitative estimate of drug-likeness (QED) is 0.867. The first kappa shape index (κ1) is 15.5. The van der Waals surface area contributed by atoms with Crippen molar-refractivity contribution >= 4 is 33.5 Å². The van der Waals surface area contributed by atoms with E-state index in [-0.39, 0.29) is 11.8 Å². The molecule has 3 rings (SSSR count). The zero-order chi connectivity index (χ0) is 15.7. The van der Waals surface area contributed by atoms with Crippen LogP contribution in [0.5, 0.6) is 0 Å². The maximum Gasteiger partial charge on any atom is 0.307 e. The smallest absolute Gasteiger partial charge is 0.307 e. The lowest BCUT2D eigenvalue weighted by molar-refractivity contribution is -0.143. The standard InChI is InChI=1S/C15H15BrClN3O2/c16-13-8-20(10-5-9(17)6-18-7-10)19-14(13)11-3-1-2-4-12(11)15(21)22/h5-8,11-12H,1-4H2,(H,21,22). The summed E-state index contributed by atoms with van der Waals surface area (Å²) in [5, 5.41) is 14.6. The number of rotatable bonds is 3. The van der Waals surface area contributed by atoms with Crippen LogP contribution >= 0.6 is 27.5 Å². The molecule has 1 N–H and O–H groups in total. The Labute approximate surface area is 141 Å². The van der Waals surface area contributed by atoms with Gasteiger partial charge < -0.3 is 5.11 Å². The Kier molecular flexibility index (Phi) is 4.49. The second-order valence-electron chi connectivity index (χ2n) is 5.50. The summed E-state index contributed by atoms with van der Waals surface area (Å²) >= 11 is 9.48. The minimum absolute atomic E-state index is 0.0611. The Balaban J connectivity index is 1.96. The van der Waals surface area contributed by atoms with Crippen LogP contribution in [-0.4, -0.2) is 25.8 Å². The van der Waals surface area contributed by atoms with Crippen molar-refractivity contribution in [2.24, 2.45) is 5.92 Å². The third kappa shape index (κ3) is 3.03. The number of aliphatic carboxylic acids is 1. The maximum atomic E-state index is 11.5. The van der Waals surface area contributed by atoms with Crippen LogP contribution in [0, 0.1) is 5.92 Å². The van der Waals surface area contributed by atoms with E-state index in [1.165, 1.54) is 0 Å². The van der Waals surface area contributed by atoms with E-state index >= 15 is 0 Å². The molecule has 0 aliphatic heterocycles. The van der Waals surface area contributed by atoms with Gasteiger partial charge in [0, 0.05) is 18.3 Å². The molecule has 7 heteroatoms. The zero-order valence-electron chi connectivity index (χ0n) is 11.7. The molecule has 1 aliphatic rings. The van der Waals surface area contributed by atoms with E-state index in [0.717, 1.165) is 35.1 Å². The topological polar surface area (TPSA) is 68.0 Å². The Morgan fingerprint density at radius 2 is 2.14 bits per heavy atom. The van der Waals surface area contributed by atoms with Crippen LogP contribution in [0.1, 0.15) is 37.3 Å². The number of carboxylic acid groups (broad SMARTS) is 1. The average molecular weight is 385 g/mol. The molecule has 0 amide bonds. The minimum Gasteiger partial charge on any atom is -0.481 e. The molecule has 2 atom stereocenters. The summed E-state index contributed by atoms with van der Waals surface area (Å²) < 4.78 is 2.51. The number of halogens is 2. The molecular weight excluding hydrogens is 370 g/mol. The van der Waals surface area contributed by atoms with Crippen molar-refractivity contribution < 1.29 is 9.90 Å². The number of carbonyl (C=O) groups is 1. The summed E-state index contributed by atoms with van der Waals surface area (Å²) in [6, 6.07) is 1.77. The summed E-state index contributed by atoms with van der Waals surface area (Å²) in [6.45, 7) is 0. The van der Waals surface area contributed by atoms with Gasteiger partial charge in [0.2, 0.25) is 0 Å². The highest BCUT2D eigenvalue weighted by molar-refractivity contribution is 9.10. The number of aromatic nitrogens is 3. The van der Waals surface area contributed by atoms with Gasteiger partial charge >= 0.3 is 5.97 Å². The molecule has 116 valence electrons. The highest BCUT2D eigenvalue weighted by Gasteiger charge is 2.34. The second-order valence-corrected chi connectivity index (χ2v) is 6.79. The van der Waals surface area contributed by atoms with E-state index in [4.69, 9.17) is 11.6 Å². The predicted octanol–water partition coefficient (Wildman–Crippen LogP) is 4.04. The summed E-state index contributed by atoms with van der Waals surface area (Å²) in [7, 11) is 0. The first-order valence-corrected chi connectivity index (χ1v) is 8.32. The van der Waals surface area contributed by atoms with E-state index in [2.05, 4.69) is 26.0 Å². The van der Waals surface area contributed by atoms with Crippen molar-refractivity contribution in [1.82, 2.24) is 14.8 Å². The van der Waals surface area contributed by atoms with Gasteiger partial charge in [0.1, 0.15) is 0 Å². The number of carboxylic acids is 1. The molecule has 1 saturated carbocycles. The highest BCUT2D eigenvalue weighted by Crippen LogP contribution is 2.40. The lowest BCUT2D eigenvalue weighted by Gasteiger charge is -2.27. The fraction of sp³-hybridized carbons (Fsp3) is 0.400. The number of hydrogen-bond acceptors (Lipinski definition) is 3. The van der Waals surface area contributed by atoms with Crippen molar-refractivity contribution in [2.75, 3.05) is 0 Å². The molecule has 1 aliphatic carbocycles. The Hall–Kier alpha value is -1.40. The molecule has 2 unspecified atom stereocenters. The van der Waals surface area contributed by atoms with E-state index in [1.54, 1.807) is 23.1 Å². The van der Waals surface area contributed by atoms with Gasteiger partial charge in [-0.25, -0.2) is 4.68 Å². The molecule has 0 saturated heterocycles. The van der Waals surface area contributed by atoms with Gasteiger partial charge in [-0.3, -0.25) is 9.78 Å². The fourth-order valence-electron chi connectivity index (χ4n) is 3.03. The average Bonchev–Trinajstić information content (AvgIpc) is 2.89. The molecule has 1 fully saturated rings. The first-order valence-electron chi connectivity index (χ1n) is 7.15. The lowest BCUT2D eigenvalue weighted by atomic mass is 9.77. The highest BCUT2D eigenvalue weighted by atomic mass is 79.9. The van der Waals surface area contributed by atoms with Crippen LogP contribution < -0.4 is 0 Å². The molecule has 2 aromatic rings. The van der Waals surface area contributed by atoms with E-state index in [9.17, 15) is 9.90 Å². The van der Waals surface area contributed by atoms with Gasteiger partial charge in [-0.2, -0.15) is 5.10 Å². The first-order chi connectivity index (χ1) is 10.6. The number of nitrogens with zero attached hydrogens (tertiary/aromatic N) is 3. The molecule has 0 spiro atoms. The summed E-state index contributed by atoms with van der Waals surface area (Å²) in [6.07, 6.45) is 8.61. The van der Waals surface area contributed by atoms with Crippen LogP contribution in [-0.2, 0) is 4.79 Å². The van der Waals surface area contributed by atoms with E-state index < -0.39 is 5.97 Å². The van der Waals surface area contributed by atoms with Crippen LogP contribution in [0.25, 0.3) is 5.69 Å². The Bertz CT molecular complexity index is 704. The molecular formula is C15H15BrClN3O2. The fourth-order valence-corrected chi connectivity index (χ4v) is 3.76. The van der Waals surface area contributed by atoms with E-state index in [0.29, 0.717) is 11.4 Å². The van der Waals surface area contributed by atoms with Crippen molar-refractivity contribution in [1.29, 1.82) is 0 Å². The Morgan fingerprint density at radius 3 is 2.86 bits per heavy atom. The van der Waals surface area contributed by atoms with Crippen molar-refractivity contribution in [3.05, 3.63) is 39.8 Å². The minimum atomic E-state index is -0.740. The van der Waals surface area contributed by atoms with Gasteiger partial charge in [-0.15, -0.1) is 0 Å². The predicted molar refractivity (Wildman–Crippen MR) is 86.4 cm³/mol. The molecule has 2 aromatic heterocycles. The van der Waals surface area contributed by atoms with E-state index in [1.807, 2.05) is 6.20 Å². The van der Waals surface area contributed by atoms with Crippen LogP contribution in [0.4, 0.5) is 0 Å².